The molecule has 0 bridgehead atoms. The molecule has 0 amide bonds. The van der Waals surface area contributed by atoms with E-state index in [9.17, 15) is 4.79 Å². The van der Waals surface area contributed by atoms with Crippen LogP contribution in [0, 0.1) is 6.92 Å². The molecule has 0 aliphatic carbocycles. The quantitative estimate of drug-likeness (QED) is 0.840. The average Bonchev–Trinajstić information content (AvgIpc) is 2.29. The molecule has 1 aliphatic heterocycles. The predicted octanol–water partition coefficient (Wildman–Crippen LogP) is 2.09. The predicted molar refractivity (Wildman–Crippen MR) is 67.2 cm³/mol. The van der Waals surface area contributed by atoms with E-state index in [2.05, 4.69) is 30.4 Å². The van der Waals surface area contributed by atoms with Crippen LogP contribution in [0.4, 0.5) is 0 Å². The molecule has 0 aromatic heterocycles. The van der Waals surface area contributed by atoms with Crippen molar-refractivity contribution >= 4 is 5.97 Å². The number of rotatable bonds is 3. The highest BCUT2D eigenvalue weighted by atomic mass is 16.4. The molecule has 1 aromatic carbocycles. The Kier molecular flexibility index (Phi) is 3.48. The monoisotopic (exact) mass is 233 g/mol. The van der Waals surface area contributed by atoms with Crippen LogP contribution in [0.5, 0.6) is 0 Å². The molecule has 1 aliphatic rings. The third kappa shape index (κ3) is 2.67. The van der Waals surface area contributed by atoms with Gasteiger partial charge in [-0.15, -0.1) is 0 Å². The molecule has 0 saturated carbocycles. The summed E-state index contributed by atoms with van der Waals surface area (Å²) in [6.07, 6.45) is 2.05. The minimum atomic E-state index is -0.701. The van der Waals surface area contributed by atoms with Crippen molar-refractivity contribution < 1.29 is 9.90 Å². The van der Waals surface area contributed by atoms with Gasteiger partial charge in [-0.05, 0) is 38.4 Å². The molecule has 3 heteroatoms. The molecule has 2 N–H and O–H groups in total. The number of piperidine rings is 1. The van der Waals surface area contributed by atoms with Crippen LogP contribution in [0.25, 0.3) is 0 Å². The van der Waals surface area contributed by atoms with Crippen molar-refractivity contribution in [1.29, 1.82) is 0 Å². The largest absolute Gasteiger partial charge is 0.481 e. The fourth-order valence-corrected chi connectivity index (χ4v) is 2.74. The number of benzene rings is 1. The highest BCUT2D eigenvalue weighted by Gasteiger charge is 2.35. The van der Waals surface area contributed by atoms with Gasteiger partial charge in [-0.2, -0.15) is 0 Å². The second kappa shape index (κ2) is 4.88. The highest BCUT2D eigenvalue weighted by molar-refractivity contribution is 5.69. The van der Waals surface area contributed by atoms with Gasteiger partial charge in [0, 0.05) is 5.41 Å². The number of nitrogens with one attached hydrogen (secondary N) is 1. The number of aryl methyl sites for hydroxylation is 1. The van der Waals surface area contributed by atoms with E-state index in [1.165, 1.54) is 11.1 Å². The fraction of sp³-hybridized carbons (Fsp3) is 0.500. The number of carboxylic acids is 1. The summed E-state index contributed by atoms with van der Waals surface area (Å²) >= 11 is 0. The Hall–Kier alpha value is -1.35. The van der Waals surface area contributed by atoms with Gasteiger partial charge in [-0.25, -0.2) is 0 Å². The lowest BCUT2D eigenvalue weighted by Crippen LogP contribution is -2.41. The molecule has 3 nitrogen and oxygen atoms in total. The van der Waals surface area contributed by atoms with E-state index < -0.39 is 5.97 Å². The van der Waals surface area contributed by atoms with Crippen LogP contribution in [0.1, 0.15) is 30.4 Å². The third-order valence-corrected chi connectivity index (χ3v) is 3.68. The van der Waals surface area contributed by atoms with Crippen molar-refractivity contribution in [1.82, 2.24) is 5.32 Å². The van der Waals surface area contributed by atoms with Gasteiger partial charge in [-0.1, -0.05) is 29.8 Å². The summed E-state index contributed by atoms with van der Waals surface area (Å²) in [5.41, 5.74) is 2.20. The van der Waals surface area contributed by atoms with Gasteiger partial charge in [0.15, 0.2) is 0 Å². The van der Waals surface area contributed by atoms with Gasteiger partial charge < -0.3 is 10.4 Å². The summed E-state index contributed by atoms with van der Waals surface area (Å²) in [4.78, 5) is 11.1. The topological polar surface area (TPSA) is 49.3 Å². The van der Waals surface area contributed by atoms with Gasteiger partial charge in [0.2, 0.25) is 0 Å². The molecule has 1 fully saturated rings. The number of hydrogen-bond acceptors (Lipinski definition) is 2. The van der Waals surface area contributed by atoms with Gasteiger partial charge in [0.1, 0.15) is 0 Å². The lowest BCUT2D eigenvalue weighted by molar-refractivity contribution is -0.138. The first-order valence-corrected chi connectivity index (χ1v) is 6.12. The van der Waals surface area contributed by atoms with E-state index in [1.807, 2.05) is 6.07 Å². The molecule has 2 rings (SSSR count). The zero-order valence-electron chi connectivity index (χ0n) is 10.2. The Bertz CT molecular complexity index is 408. The first-order valence-electron chi connectivity index (χ1n) is 6.12. The molecule has 92 valence electrons. The number of hydrogen-bond donors (Lipinski definition) is 2. The molecular formula is C14H19NO2. The van der Waals surface area contributed by atoms with Crippen molar-refractivity contribution in [2.45, 2.75) is 31.6 Å². The van der Waals surface area contributed by atoms with Crippen LogP contribution in [0.3, 0.4) is 0 Å². The SMILES string of the molecule is Cc1cccc(C2(CC(=O)O)CCNCC2)c1. The Morgan fingerprint density at radius 2 is 2.12 bits per heavy atom. The van der Waals surface area contributed by atoms with Crippen molar-refractivity contribution in [3.8, 4) is 0 Å². The summed E-state index contributed by atoms with van der Waals surface area (Å²) in [7, 11) is 0. The van der Waals surface area contributed by atoms with Crippen LogP contribution >= 0.6 is 0 Å². The normalized spacial score (nSPS) is 18.9. The zero-order chi connectivity index (χ0) is 12.3. The molecular weight excluding hydrogens is 214 g/mol. The maximum absolute atomic E-state index is 11.1. The Labute approximate surface area is 102 Å². The maximum Gasteiger partial charge on any atom is 0.304 e. The van der Waals surface area contributed by atoms with Gasteiger partial charge in [0.25, 0.3) is 0 Å². The molecule has 0 unspecified atom stereocenters. The van der Waals surface area contributed by atoms with Crippen molar-refractivity contribution in [2.75, 3.05) is 13.1 Å². The van der Waals surface area contributed by atoms with Gasteiger partial charge in [0.05, 0.1) is 6.42 Å². The lowest BCUT2D eigenvalue weighted by Gasteiger charge is -2.37. The van der Waals surface area contributed by atoms with E-state index in [0.717, 1.165) is 25.9 Å². The summed E-state index contributed by atoms with van der Waals surface area (Å²) < 4.78 is 0. The summed E-state index contributed by atoms with van der Waals surface area (Å²) in [5.74, 6) is -0.701. The number of carbonyl (C=O) groups is 1. The fourth-order valence-electron chi connectivity index (χ4n) is 2.74. The second-order valence-electron chi connectivity index (χ2n) is 4.97. The standard InChI is InChI=1S/C14H19NO2/c1-11-3-2-4-12(9-11)14(10-13(16)17)5-7-15-8-6-14/h2-4,9,15H,5-8,10H2,1H3,(H,16,17). The van der Waals surface area contributed by atoms with E-state index >= 15 is 0 Å². The molecule has 1 saturated heterocycles. The molecule has 0 atom stereocenters. The molecule has 17 heavy (non-hydrogen) atoms. The van der Waals surface area contributed by atoms with E-state index in [1.54, 1.807) is 0 Å². The van der Waals surface area contributed by atoms with Gasteiger partial charge >= 0.3 is 5.97 Å². The van der Waals surface area contributed by atoms with Crippen LogP contribution < -0.4 is 5.32 Å². The van der Waals surface area contributed by atoms with Crippen LogP contribution in [-0.4, -0.2) is 24.2 Å². The van der Waals surface area contributed by atoms with Crippen molar-refractivity contribution in [3.63, 3.8) is 0 Å². The molecule has 0 spiro atoms. The highest BCUT2D eigenvalue weighted by Crippen LogP contribution is 2.37. The smallest absolute Gasteiger partial charge is 0.304 e. The number of carboxylic acid groups (broad SMARTS) is 1. The van der Waals surface area contributed by atoms with E-state index in [0.29, 0.717) is 0 Å². The second-order valence-corrected chi connectivity index (χ2v) is 4.97. The first-order chi connectivity index (χ1) is 8.12. The first kappa shape index (κ1) is 12.1. The minimum Gasteiger partial charge on any atom is -0.481 e. The third-order valence-electron chi connectivity index (χ3n) is 3.68. The molecule has 0 radical (unpaired) electrons. The Morgan fingerprint density at radius 1 is 1.41 bits per heavy atom. The minimum absolute atomic E-state index is 0.177. The summed E-state index contributed by atoms with van der Waals surface area (Å²) in [6.45, 7) is 3.86. The Balaban J connectivity index is 2.35. The average molecular weight is 233 g/mol. The van der Waals surface area contributed by atoms with E-state index in [4.69, 9.17) is 5.11 Å². The van der Waals surface area contributed by atoms with Crippen LogP contribution in [0.2, 0.25) is 0 Å². The van der Waals surface area contributed by atoms with Crippen LogP contribution in [0.15, 0.2) is 24.3 Å². The molecule has 1 aromatic rings. The van der Waals surface area contributed by atoms with Crippen LogP contribution in [-0.2, 0) is 10.2 Å². The lowest BCUT2D eigenvalue weighted by atomic mass is 9.70. The summed E-state index contributed by atoms with van der Waals surface area (Å²) in [5, 5.41) is 12.4. The van der Waals surface area contributed by atoms with Crippen molar-refractivity contribution in [2.24, 2.45) is 0 Å². The summed E-state index contributed by atoms with van der Waals surface area (Å²) in [6, 6.07) is 8.28. The molecule has 1 heterocycles. The Morgan fingerprint density at radius 3 is 2.71 bits per heavy atom. The number of aliphatic carboxylic acids is 1. The van der Waals surface area contributed by atoms with Gasteiger partial charge in [-0.3, -0.25) is 4.79 Å². The van der Waals surface area contributed by atoms with E-state index in [-0.39, 0.29) is 11.8 Å². The van der Waals surface area contributed by atoms with Crippen molar-refractivity contribution in [3.05, 3.63) is 35.4 Å². The zero-order valence-corrected chi connectivity index (χ0v) is 10.2. The maximum atomic E-state index is 11.1.